The van der Waals surface area contributed by atoms with Gasteiger partial charge in [-0.3, -0.25) is 0 Å². The number of carbonyl (C=O) groups excluding carboxylic acids is 1. The standard InChI is InChI=1S/C25H33F3N4O5S2/c1-3-32(4-2,24(33)31-19-12-14-29-15-13-19)17-16-30-39(36,37)23-18-21(10-11-22(23)25(26,27)28)38(34,35)20-8-6-5-7-9-20/h5-11,18-19,29-30H,3-4,12-17H2,1-2H3/p+1. The summed E-state index contributed by atoms with van der Waals surface area (Å²) in [7, 11) is -9.10. The van der Waals surface area contributed by atoms with E-state index in [1.54, 1.807) is 19.9 Å². The summed E-state index contributed by atoms with van der Waals surface area (Å²) in [6.07, 6.45) is -3.54. The molecule has 1 aliphatic rings. The molecule has 9 nitrogen and oxygen atoms in total. The fourth-order valence-electron chi connectivity index (χ4n) is 4.54. The molecule has 0 spiro atoms. The number of alkyl halides is 3. The van der Waals surface area contributed by atoms with Crippen LogP contribution in [0.5, 0.6) is 0 Å². The van der Waals surface area contributed by atoms with Crippen LogP contribution in [-0.2, 0) is 26.0 Å². The number of nitrogens with zero attached hydrogens (tertiary/aromatic N) is 1. The van der Waals surface area contributed by atoms with Gasteiger partial charge in [-0.2, -0.15) is 13.2 Å². The normalized spacial score (nSPS) is 15.7. The zero-order valence-corrected chi connectivity index (χ0v) is 23.4. The number of benzene rings is 2. The Balaban J connectivity index is 1.87. The minimum atomic E-state index is -5.06. The van der Waals surface area contributed by atoms with Gasteiger partial charge in [0.25, 0.3) is 0 Å². The van der Waals surface area contributed by atoms with E-state index >= 15 is 0 Å². The SMILES string of the molecule is CC[N+](CC)(CCNS(=O)(=O)c1cc(S(=O)(=O)c2ccccc2)ccc1C(F)(F)F)C(=O)NC1CCNCC1. The zero-order valence-electron chi connectivity index (χ0n) is 21.8. The van der Waals surface area contributed by atoms with Crippen LogP contribution in [0.4, 0.5) is 18.0 Å². The average Bonchev–Trinajstić information content (AvgIpc) is 2.91. The average molecular weight is 592 g/mol. The molecule has 0 aromatic heterocycles. The van der Waals surface area contributed by atoms with Crippen molar-refractivity contribution in [1.82, 2.24) is 15.4 Å². The number of quaternary nitrogens is 1. The lowest BCUT2D eigenvalue weighted by molar-refractivity contribution is -0.845. The van der Waals surface area contributed by atoms with Crippen LogP contribution in [0, 0.1) is 0 Å². The predicted molar refractivity (Wildman–Crippen MR) is 139 cm³/mol. The van der Waals surface area contributed by atoms with Crippen LogP contribution < -0.4 is 15.4 Å². The summed E-state index contributed by atoms with van der Waals surface area (Å²) in [5.41, 5.74) is -1.49. The number of hydrogen-bond acceptors (Lipinski definition) is 6. The van der Waals surface area contributed by atoms with Gasteiger partial charge in [-0.25, -0.2) is 30.8 Å². The fraction of sp³-hybridized carbons (Fsp3) is 0.480. The van der Waals surface area contributed by atoms with Gasteiger partial charge in [-0.05, 0) is 70.1 Å². The van der Waals surface area contributed by atoms with Crippen molar-refractivity contribution in [2.75, 3.05) is 39.3 Å². The first-order valence-corrected chi connectivity index (χ1v) is 15.6. The Morgan fingerprint density at radius 2 is 1.59 bits per heavy atom. The van der Waals surface area contributed by atoms with Gasteiger partial charge in [0.05, 0.1) is 39.9 Å². The lowest BCUT2D eigenvalue weighted by Gasteiger charge is -2.35. The first-order chi connectivity index (χ1) is 18.3. The van der Waals surface area contributed by atoms with Gasteiger partial charge in [0, 0.05) is 6.04 Å². The maximum absolute atomic E-state index is 13.8. The lowest BCUT2D eigenvalue weighted by atomic mass is 10.1. The number of urea groups is 1. The number of halogens is 3. The van der Waals surface area contributed by atoms with E-state index in [1.165, 1.54) is 24.3 Å². The van der Waals surface area contributed by atoms with E-state index in [9.17, 15) is 34.8 Å². The van der Waals surface area contributed by atoms with Crippen LogP contribution >= 0.6 is 0 Å². The Hall–Kier alpha value is -2.52. The molecule has 3 rings (SSSR count). The molecule has 0 atom stereocenters. The van der Waals surface area contributed by atoms with Crippen molar-refractivity contribution in [3.05, 3.63) is 54.1 Å². The third-order valence-corrected chi connectivity index (χ3v) is 10.3. The van der Waals surface area contributed by atoms with E-state index in [-0.39, 0.29) is 34.5 Å². The lowest BCUT2D eigenvalue weighted by Crippen LogP contribution is -2.61. The Kier molecular flexibility index (Phi) is 9.81. The highest BCUT2D eigenvalue weighted by Gasteiger charge is 2.39. The molecule has 2 aromatic rings. The Morgan fingerprint density at radius 3 is 2.15 bits per heavy atom. The summed E-state index contributed by atoms with van der Waals surface area (Å²) in [6.45, 7) is 5.43. The van der Waals surface area contributed by atoms with Crippen LogP contribution in [0.3, 0.4) is 0 Å². The van der Waals surface area contributed by atoms with Gasteiger partial charge >= 0.3 is 12.2 Å². The minimum Gasteiger partial charge on any atom is -0.317 e. The van der Waals surface area contributed by atoms with Crippen molar-refractivity contribution in [1.29, 1.82) is 0 Å². The molecule has 39 heavy (non-hydrogen) atoms. The highest BCUT2D eigenvalue weighted by molar-refractivity contribution is 7.91. The minimum absolute atomic E-state index is 0.00755. The monoisotopic (exact) mass is 591 g/mol. The number of likely N-dealkylation sites (N-methyl/N-ethyl adjacent to an activating group) is 1. The van der Waals surface area contributed by atoms with Crippen molar-refractivity contribution in [3.8, 4) is 0 Å². The van der Waals surface area contributed by atoms with Crippen LogP contribution in [0.1, 0.15) is 32.3 Å². The third kappa shape index (κ3) is 7.17. The Morgan fingerprint density at radius 1 is 0.974 bits per heavy atom. The molecule has 0 radical (unpaired) electrons. The van der Waals surface area contributed by atoms with E-state index < -0.39 is 41.4 Å². The molecule has 1 heterocycles. The molecule has 1 saturated heterocycles. The molecular weight excluding hydrogens is 557 g/mol. The van der Waals surface area contributed by atoms with Crippen molar-refractivity contribution >= 4 is 25.9 Å². The van der Waals surface area contributed by atoms with Gasteiger partial charge in [-0.1, -0.05) is 18.2 Å². The number of amides is 2. The first kappa shape index (κ1) is 31.0. The first-order valence-electron chi connectivity index (χ1n) is 12.7. The highest BCUT2D eigenvalue weighted by atomic mass is 32.2. The van der Waals surface area contributed by atoms with Gasteiger partial charge in [0.1, 0.15) is 6.54 Å². The predicted octanol–water partition coefficient (Wildman–Crippen LogP) is 3.13. The van der Waals surface area contributed by atoms with Gasteiger partial charge < -0.3 is 10.6 Å². The Bertz CT molecular complexity index is 1360. The molecule has 2 aromatic carbocycles. The molecule has 3 N–H and O–H groups in total. The maximum Gasteiger partial charge on any atom is 0.417 e. The van der Waals surface area contributed by atoms with Crippen LogP contribution in [-0.4, -0.2) is 72.7 Å². The second-order valence-corrected chi connectivity index (χ2v) is 13.0. The molecule has 0 aliphatic carbocycles. The smallest absolute Gasteiger partial charge is 0.317 e. The topological polar surface area (TPSA) is 121 Å². The van der Waals surface area contributed by atoms with Gasteiger partial charge in [-0.15, -0.1) is 0 Å². The third-order valence-electron chi connectivity index (χ3n) is 7.05. The molecule has 0 bridgehead atoms. The summed E-state index contributed by atoms with van der Waals surface area (Å²) in [5, 5.41) is 6.22. The molecule has 216 valence electrons. The van der Waals surface area contributed by atoms with Crippen LogP contribution in [0.25, 0.3) is 0 Å². The molecule has 0 saturated carbocycles. The van der Waals surface area contributed by atoms with Crippen molar-refractivity contribution in [3.63, 3.8) is 0 Å². The van der Waals surface area contributed by atoms with Crippen molar-refractivity contribution < 1.29 is 39.3 Å². The summed E-state index contributed by atoms with van der Waals surface area (Å²) in [6, 6.07) is 8.42. The number of hydrogen-bond donors (Lipinski definition) is 3. The maximum atomic E-state index is 13.8. The quantitative estimate of drug-likeness (QED) is 0.365. The van der Waals surface area contributed by atoms with Gasteiger partial charge in [0.2, 0.25) is 19.9 Å². The van der Waals surface area contributed by atoms with Crippen molar-refractivity contribution in [2.45, 2.75) is 53.6 Å². The van der Waals surface area contributed by atoms with Crippen LogP contribution in [0.2, 0.25) is 0 Å². The second kappa shape index (κ2) is 12.3. The van der Waals surface area contributed by atoms with E-state index in [1.807, 2.05) is 0 Å². The molecule has 1 fully saturated rings. The van der Waals surface area contributed by atoms with E-state index in [0.717, 1.165) is 32.0 Å². The molecule has 1 aliphatic heterocycles. The summed E-state index contributed by atoms with van der Waals surface area (Å²) in [5.74, 6) is 0. The number of sulfonamides is 1. The number of piperidine rings is 1. The van der Waals surface area contributed by atoms with Gasteiger partial charge in [0.15, 0.2) is 0 Å². The zero-order chi connectivity index (χ0) is 28.9. The van der Waals surface area contributed by atoms with E-state index in [0.29, 0.717) is 25.2 Å². The molecule has 14 heteroatoms. The largest absolute Gasteiger partial charge is 0.417 e. The molecule has 0 unspecified atom stereocenters. The summed E-state index contributed by atoms with van der Waals surface area (Å²) in [4.78, 5) is 11.2. The van der Waals surface area contributed by atoms with Crippen LogP contribution in [0.15, 0.2) is 63.2 Å². The second-order valence-electron chi connectivity index (χ2n) is 9.34. The summed E-state index contributed by atoms with van der Waals surface area (Å²) >= 11 is 0. The van der Waals surface area contributed by atoms with Crippen molar-refractivity contribution in [2.24, 2.45) is 0 Å². The number of nitrogens with one attached hydrogen (secondary N) is 3. The fourth-order valence-corrected chi connectivity index (χ4v) is 7.19. The number of rotatable bonds is 10. The number of carbonyl (C=O) groups is 1. The molecule has 2 amide bonds. The highest BCUT2D eigenvalue weighted by Crippen LogP contribution is 2.36. The van der Waals surface area contributed by atoms with E-state index in [2.05, 4.69) is 15.4 Å². The summed E-state index contributed by atoms with van der Waals surface area (Å²) < 4.78 is 95.6. The van der Waals surface area contributed by atoms with E-state index in [4.69, 9.17) is 0 Å². The Labute approximate surface area is 227 Å². The number of sulfone groups is 1. The molecular formula is C25H34F3N4O5S2+.